The molecule has 0 bridgehead atoms. The molecular formula is C15H17NO4. The normalized spacial score (nSPS) is 16.5. The highest BCUT2D eigenvalue weighted by Crippen LogP contribution is 2.35. The number of ether oxygens (including phenoxy) is 2. The van der Waals surface area contributed by atoms with Crippen LogP contribution >= 0.6 is 0 Å². The zero-order chi connectivity index (χ0) is 14.7. The first kappa shape index (κ1) is 14.1. The van der Waals surface area contributed by atoms with Gasteiger partial charge in [-0.15, -0.1) is 0 Å². The van der Waals surface area contributed by atoms with E-state index < -0.39 is 12.0 Å². The summed E-state index contributed by atoms with van der Waals surface area (Å²) in [5.41, 5.74) is 1.59. The maximum Gasteiger partial charge on any atom is 0.329 e. The van der Waals surface area contributed by atoms with Gasteiger partial charge in [-0.1, -0.05) is 6.58 Å². The Morgan fingerprint density at radius 3 is 2.85 bits per heavy atom. The van der Waals surface area contributed by atoms with E-state index in [1.807, 2.05) is 6.07 Å². The number of anilines is 1. The number of hydrogen-bond acceptors (Lipinski definition) is 4. The minimum absolute atomic E-state index is 0.283. The van der Waals surface area contributed by atoms with E-state index in [-0.39, 0.29) is 12.5 Å². The van der Waals surface area contributed by atoms with Gasteiger partial charge in [0.05, 0.1) is 13.7 Å². The summed E-state index contributed by atoms with van der Waals surface area (Å²) in [5, 5.41) is 0. The number of fused-ring (bicyclic) bond motifs is 1. The summed E-state index contributed by atoms with van der Waals surface area (Å²) >= 11 is 0. The fourth-order valence-corrected chi connectivity index (χ4v) is 2.35. The van der Waals surface area contributed by atoms with Gasteiger partial charge >= 0.3 is 5.97 Å². The molecule has 1 unspecified atom stereocenters. The van der Waals surface area contributed by atoms with Gasteiger partial charge in [-0.05, 0) is 36.8 Å². The zero-order valence-electron chi connectivity index (χ0n) is 11.6. The average Bonchev–Trinajstić information content (AvgIpc) is 2.85. The fraction of sp³-hybridized carbons (Fsp3) is 0.333. The van der Waals surface area contributed by atoms with Gasteiger partial charge in [-0.2, -0.15) is 0 Å². The Bertz CT molecular complexity index is 553. The van der Waals surface area contributed by atoms with Crippen LogP contribution in [0.2, 0.25) is 0 Å². The summed E-state index contributed by atoms with van der Waals surface area (Å²) in [4.78, 5) is 25.5. The first-order valence-electron chi connectivity index (χ1n) is 6.41. The Morgan fingerprint density at radius 1 is 1.50 bits per heavy atom. The molecule has 0 N–H and O–H groups in total. The number of carbonyl (C=O) groups is 2. The van der Waals surface area contributed by atoms with Crippen molar-refractivity contribution in [3.05, 3.63) is 36.4 Å². The van der Waals surface area contributed by atoms with Crippen molar-refractivity contribution in [2.45, 2.75) is 19.4 Å². The number of hydrogen-bond donors (Lipinski definition) is 0. The van der Waals surface area contributed by atoms with Crippen LogP contribution in [0.1, 0.15) is 12.5 Å². The Hall–Kier alpha value is -2.30. The molecule has 0 spiro atoms. The number of carbonyl (C=O) groups excluding carboxylic acids is 2. The summed E-state index contributed by atoms with van der Waals surface area (Å²) in [6, 6.07) is 4.73. The maximum absolute atomic E-state index is 12.0. The van der Waals surface area contributed by atoms with E-state index >= 15 is 0 Å². The van der Waals surface area contributed by atoms with Crippen molar-refractivity contribution in [1.82, 2.24) is 0 Å². The number of esters is 1. The van der Waals surface area contributed by atoms with Crippen LogP contribution in [0.3, 0.4) is 0 Å². The monoisotopic (exact) mass is 275 g/mol. The molecule has 1 atom stereocenters. The summed E-state index contributed by atoms with van der Waals surface area (Å²) in [6.45, 7) is 5.51. The SMILES string of the molecule is C=CC(=O)N1c2ccc(OC)cc2CC1C(=O)OCC. The smallest absolute Gasteiger partial charge is 0.329 e. The molecule has 0 saturated carbocycles. The topological polar surface area (TPSA) is 55.8 Å². The molecule has 1 heterocycles. The highest BCUT2D eigenvalue weighted by Gasteiger charge is 2.38. The number of nitrogens with zero attached hydrogens (tertiary/aromatic N) is 1. The predicted molar refractivity (Wildman–Crippen MR) is 74.8 cm³/mol. The van der Waals surface area contributed by atoms with E-state index in [1.165, 1.54) is 11.0 Å². The van der Waals surface area contributed by atoms with Gasteiger partial charge in [0.15, 0.2) is 0 Å². The number of rotatable bonds is 4. The van der Waals surface area contributed by atoms with E-state index in [4.69, 9.17) is 9.47 Å². The third kappa shape index (κ3) is 2.39. The molecule has 0 radical (unpaired) electrons. The van der Waals surface area contributed by atoms with E-state index in [0.29, 0.717) is 17.9 Å². The molecule has 0 saturated heterocycles. The van der Waals surface area contributed by atoms with Crippen LogP contribution in [0.15, 0.2) is 30.9 Å². The first-order valence-corrected chi connectivity index (χ1v) is 6.41. The molecule has 0 aromatic heterocycles. The van der Waals surface area contributed by atoms with E-state index in [2.05, 4.69) is 6.58 Å². The molecule has 1 amide bonds. The lowest BCUT2D eigenvalue weighted by molar-refractivity contribution is -0.145. The Labute approximate surface area is 117 Å². The first-order chi connectivity index (χ1) is 9.62. The molecule has 106 valence electrons. The van der Waals surface area contributed by atoms with Gasteiger partial charge in [0.1, 0.15) is 11.8 Å². The van der Waals surface area contributed by atoms with Crippen LogP contribution in [0.5, 0.6) is 5.75 Å². The second kappa shape index (κ2) is 5.77. The molecule has 5 heteroatoms. The van der Waals surface area contributed by atoms with Crippen LogP contribution in [0.4, 0.5) is 5.69 Å². The van der Waals surface area contributed by atoms with E-state index in [0.717, 1.165) is 5.56 Å². The quantitative estimate of drug-likeness (QED) is 0.620. The van der Waals surface area contributed by atoms with E-state index in [1.54, 1.807) is 26.2 Å². The van der Waals surface area contributed by atoms with Crippen LogP contribution in [0, 0.1) is 0 Å². The molecule has 0 aliphatic carbocycles. The molecule has 2 rings (SSSR count). The minimum Gasteiger partial charge on any atom is -0.497 e. The zero-order valence-corrected chi connectivity index (χ0v) is 11.6. The van der Waals surface area contributed by atoms with Crippen molar-refractivity contribution in [1.29, 1.82) is 0 Å². The van der Waals surface area contributed by atoms with Gasteiger partial charge in [0.2, 0.25) is 0 Å². The fourth-order valence-electron chi connectivity index (χ4n) is 2.35. The molecule has 1 aromatic carbocycles. The molecule has 20 heavy (non-hydrogen) atoms. The second-order valence-corrected chi connectivity index (χ2v) is 4.38. The molecule has 1 aromatic rings. The van der Waals surface area contributed by atoms with Crippen molar-refractivity contribution in [2.24, 2.45) is 0 Å². The van der Waals surface area contributed by atoms with Gasteiger partial charge in [-0.3, -0.25) is 9.69 Å². The number of methoxy groups -OCH3 is 1. The van der Waals surface area contributed by atoms with Gasteiger partial charge in [-0.25, -0.2) is 4.79 Å². The molecule has 1 aliphatic rings. The summed E-state index contributed by atoms with van der Waals surface area (Å²) in [7, 11) is 1.58. The third-order valence-electron chi connectivity index (χ3n) is 3.24. The number of benzene rings is 1. The van der Waals surface area contributed by atoms with Crippen LogP contribution in [-0.4, -0.2) is 31.6 Å². The van der Waals surface area contributed by atoms with Crippen molar-refractivity contribution >= 4 is 17.6 Å². The highest BCUT2D eigenvalue weighted by atomic mass is 16.5. The van der Waals surface area contributed by atoms with Crippen molar-refractivity contribution < 1.29 is 19.1 Å². The maximum atomic E-state index is 12.0. The average molecular weight is 275 g/mol. The largest absolute Gasteiger partial charge is 0.497 e. The molecule has 1 aliphatic heterocycles. The lowest BCUT2D eigenvalue weighted by Gasteiger charge is -2.22. The Balaban J connectivity index is 2.40. The molecule has 5 nitrogen and oxygen atoms in total. The Kier molecular flexibility index (Phi) is 4.08. The van der Waals surface area contributed by atoms with E-state index in [9.17, 15) is 9.59 Å². The Morgan fingerprint density at radius 2 is 2.25 bits per heavy atom. The van der Waals surface area contributed by atoms with Crippen LogP contribution < -0.4 is 9.64 Å². The molecular weight excluding hydrogens is 258 g/mol. The highest BCUT2D eigenvalue weighted by molar-refractivity contribution is 6.07. The van der Waals surface area contributed by atoms with Crippen molar-refractivity contribution in [3.8, 4) is 5.75 Å². The van der Waals surface area contributed by atoms with Gasteiger partial charge in [0, 0.05) is 12.1 Å². The summed E-state index contributed by atoms with van der Waals surface area (Å²) in [6.07, 6.45) is 1.62. The lowest BCUT2D eigenvalue weighted by Crippen LogP contribution is -2.43. The van der Waals surface area contributed by atoms with Crippen molar-refractivity contribution in [2.75, 3.05) is 18.6 Å². The van der Waals surface area contributed by atoms with Gasteiger partial charge < -0.3 is 9.47 Å². The predicted octanol–water partition coefficient (Wildman–Crippen LogP) is 1.70. The third-order valence-corrected chi connectivity index (χ3v) is 3.24. The van der Waals surface area contributed by atoms with Crippen LogP contribution in [-0.2, 0) is 20.7 Å². The lowest BCUT2D eigenvalue weighted by atomic mass is 10.1. The minimum atomic E-state index is -0.637. The van der Waals surface area contributed by atoms with Gasteiger partial charge in [0.25, 0.3) is 5.91 Å². The van der Waals surface area contributed by atoms with Crippen molar-refractivity contribution in [3.63, 3.8) is 0 Å². The second-order valence-electron chi connectivity index (χ2n) is 4.38. The standard InChI is InChI=1S/C15H17NO4/c1-4-14(17)16-12-7-6-11(19-3)8-10(12)9-13(16)15(18)20-5-2/h4,6-8,13H,1,5,9H2,2-3H3. The molecule has 0 fully saturated rings. The number of amides is 1. The summed E-state index contributed by atoms with van der Waals surface area (Å²) in [5.74, 6) is -0.0240. The summed E-state index contributed by atoms with van der Waals surface area (Å²) < 4.78 is 10.2. The van der Waals surface area contributed by atoms with Crippen LogP contribution in [0.25, 0.3) is 0 Å².